The summed E-state index contributed by atoms with van der Waals surface area (Å²) in [7, 11) is 1.78. The lowest BCUT2D eigenvalue weighted by Gasteiger charge is -2.15. The van der Waals surface area contributed by atoms with Crippen LogP contribution in [0.25, 0.3) is 0 Å². The predicted molar refractivity (Wildman–Crippen MR) is 86.7 cm³/mol. The van der Waals surface area contributed by atoms with Crippen molar-refractivity contribution < 1.29 is 4.74 Å². The number of aromatic nitrogens is 2. The van der Waals surface area contributed by atoms with Gasteiger partial charge < -0.3 is 10.1 Å². The number of hydrogen-bond donors (Lipinski definition) is 1. The highest BCUT2D eigenvalue weighted by molar-refractivity contribution is 6.31. The van der Waals surface area contributed by atoms with Gasteiger partial charge in [0.1, 0.15) is 5.75 Å². The van der Waals surface area contributed by atoms with E-state index in [4.69, 9.17) is 16.3 Å². The van der Waals surface area contributed by atoms with Crippen molar-refractivity contribution in [3.05, 3.63) is 40.0 Å². The summed E-state index contributed by atoms with van der Waals surface area (Å²) in [6.07, 6.45) is 1.74. The van der Waals surface area contributed by atoms with Crippen molar-refractivity contribution >= 4 is 17.5 Å². The van der Waals surface area contributed by atoms with E-state index < -0.39 is 0 Å². The molecule has 0 aliphatic carbocycles. The topological polar surface area (TPSA) is 47.0 Å². The van der Waals surface area contributed by atoms with E-state index in [1.165, 1.54) is 0 Å². The van der Waals surface area contributed by atoms with E-state index in [-0.39, 0.29) is 0 Å². The van der Waals surface area contributed by atoms with Crippen LogP contribution in [0, 0.1) is 13.8 Å². The quantitative estimate of drug-likeness (QED) is 0.889. The lowest BCUT2D eigenvalue weighted by atomic mass is 10.0. The van der Waals surface area contributed by atoms with Crippen LogP contribution in [-0.2, 0) is 0 Å². The lowest BCUT2D eigenvalue weighted by Crippen LogP contribution is -2.01. The number of nitrogens with zero attached hydrogens (tertiary/aromatic N) is 2. The normalized spacial score (nSPS) is 10.8. The summed E-state index contributed by atoms with van der Waals surface area (Å²) in [4.78, 5) is 8.50. The zero-order valence-corrected chi connectivity index (χ0v) is 13.7. The molecule has 0 saturated heterocycles. The summed E-state index contributed by atoms with van der Waals surface area (Å²) in [6, 6.07) is 3.92. The minimum Gasteiger partial charge on any atom is -0.438 e. The Labute approximate surface area is 130 Å². The monoisotopic (exact) mass is 305 g/mol. The molecule has 4 nitrogen and oxygen atoms in total. The molecule has 1 N–H and O–H groups in total. The van der Waals surface area contributed by atoms with Gasteiger partial charge in [-0.25, -0.2) is 4.98 Å². The van der Waals surface area contributed by atoms with E-state index in [9.17, 15) is 0 Å². The first-order chi connectivity index (χ1) is 9.92. The molecule has 0 bridgehead atoms. The highest BCUT2D eigenvalue weighted by Crippen LogP contribution is 2.34. The SMILES string of the molecule is CNc1ncc(C)c(Oc2cc(C(C)C)c(Cl)cc2C)n1. The smallest absolute Gasteiger partial charge is 0.226 e. The molecule has 0 amide bonds. The molecular weight excluding hydrogens is 286 g/mol. The number of nitrogens with one attached hydrogen (secondary N) is 1. The molecule has 0 radical (unpaired) electrons. The van der Waals surface area contributed by atoms with Crippen molar-refractivity contribution in [2.24, 2.45) is 0 Å². The Morgan fingerprint density at radius 2 is 1.90 bits per heavy atom. The van der Waals surface area contributed by atoms with Crippen LogP contribution in [0.2, 0.25) is 5.02 Å². The van der Waals surface area contributed by atoms with Crippen molar-refractivity contribution in [3.8, 4) is 11.6 Å². The fraction of sp³-hybridized carbons (Fsp3) is 0.375. The number of hydrogen-bond acceptors (Lipinski definition) is 4. The van der Waals surface area contributed by atoms with Crippen LogP contribution in [0.5, 0.6) is 11.6 Å². The maximum atomic E-state index is 6.29. The number of benzene rings is 1. The van der Waals surface area contributed by atoms with E-state index in [2.05, 4.69) is 29.1 Å². The largest absolute Gasteiger partial charge is 0.438 e. The number of aryl methyl sites for hydroxylation is 2. The van der Waals surface area contributed by atoms with E-state index >= 15 is 0 Å². The first-order valence-corrected chi connectivity index (χ1v) is 7.29. The molecule has 5 heteroatoms. The third-order valence-corrected chi connectivity index (χ3v) is 3.60. The van der Waals surface area contributed by atoms with Crippen LogP contribution in [0.15, 0.2) is 18.3 Å². The standard InChI is InChI=1S/C16H20ClN3O/c1-9(2)12-7-14(10(3)6-13(12)17)21-15-11(4)8-19-16(18-5)20-15/h6-9H,1-5H3,(H,18,19,20). The second kappa shape index (κ2) is 6.31. The molecule has 112 valence electrons. The molecule has 0 spiro atoms. The summed E-state index contributed by atoms with van der Waals surface area (Å²) >= 11 is 6.29. The molecule has 21 heavy (non-hydrogen) atoms. The van der Waals surface area contributed by atoms with Crippen LogP contribution in [0.1, 0.15) is 36.5 Å². The Kier molecular flexibility index (Phi) is 4.68. The second-order valence-electron chi connectivity index (χ2n) is 5.33. The Balaban J connectivity index is 2.42. The summed E-state index contributed by atoms with van der Waals surface area (Å²) in [5, 5.41) is 3.68. The van der Waals surface area contributed by atoms with Gasteiger partial charge in [0.05, 0.1) is 0 Å². The average molecular weight is 306 g/mol. The third kappa shape index (κ3) is 3.45. The van der Waals surface area contributed by atoms with Gasteiger partial charge in [0, 0.05) is 23.8 Å². The third-order valence-electron chi connectivity index (χ3n) is 3.27. The van der Waals surface area contributed by atoms with Crippen LogP contribution < -0.4 is 10.1 Å². The van der Waals surface area contributed by atoms with Gasteiger partial charge in [0.25, 0.3) is 0 Å². The molecule has 2 aromatic rings. The van der Waals surface area contributed by atoms with Crippen molar-refractivity contribution in [1.82, 2.24) is 9.97 Å². The molecule has 2 rings (SSSR count). The van der Waals surface area contributed by atoms with E-state index in [1.54, 1.807) is 13.2 Å². The highest BCUT2D eigenvalue weighted by atomic mass is 35.5. The Morgan fingerprint density at radius 3 is 2.52 bits per heavy atom. The lowest BCUT2D eigenvalue weighted by molar-refractivity contribution is 0.454. The van der Waals surface area contributed by atoms with E-state index in [0.717, 1.165) is 27.5 Å². The van der Waals surface area contributed by atoms with Crippen molar-refractivity contribution in [3.63, 3.8) is 0 Å². The van der Waals surface area contributed by atoms with Gasteiger partial charge >= 0.3 is 0 Å². The highest BCUT2D eigenvalue weighted by Gasteiger charge is 2.13. The maximum Gasteiger partial charge on any atom is 0.226 e. The molecule has 0 aliphatic heterocycles. The molecule has 1 aromatic heterocycles. The van der Waals surface area contributed by atoms with Gasteiger partial charge in [-0.15, -0.1) is 0 Å². The fourth-order valence-electron chi connectivity index (χ4n) is 1.98. The van der Waals surface area contributed by atoms with Gasteiger partial charge in [0.15, 0.2) is 0 Å². The molecule has 0 saturated carbocycles. The van der Waals surface area contributed by atoms with Crippen LogP contribution in [-0.4, -0.2) is 17.0 Å². The molecule has 0 unspecified atom stereocenters. The zero-order chi connectivity index (χ0) is 15.6. The maximum absolute atomic E-state index is 6.29. The number of rotatable bonds is 4. The van der Waals surface area contributed by atoms with Crippen molar-refractivity contribution in [1.29, 1.82) is 0 Å². The molecule has 1 aromatic carbocycles. The van der Waals surface area contributed by atoms with Gasteiger partial charge in [-0.3, -0.25) is 0 Å². The first-order valence-electron chi connectivity index (χ1n) is 6.91. The summed E-state index contributed by atoms with van der Waals surface area (Å²) in [5.41, 5.74) is 2.93. The average Bonchev–Trinajstić information content (AvgIpc) is 2.43. The Bertz CT molecular complexity index is 656. The summed E-state index contributed by atoms with van der Waals surface area (Å²) in [6.45, 7) is 8.11. The number of ether oxygens (including phenoxy) is 1. The van der Waals surface area contributed by atoms with Crippen molar-refractivity contribution in [2.75, 3.05) is 12.4 Å². The first kappa shape index (κ1) is 15.6. The Morgan fingerprint density at radius 1 is 1.19 bits per heavy atom. The second-order valence-corrected chi connectivity index (χ2v) is 5.73. The number of halogens is 1. The summed E-state index contributed by atoms with van der Waals surface area (Å²) < 4.78 is 5.98. The minimum atomic E-state index is 0.333. The fourth-order valence-corrected chi connectivity index (χ4v) is 2.41. The molecule has 0 aliphatic rings. The van der Waals surface area contributed by atoms with Crippen molar-refractivity contribution in [2.45, 2.75) is 33.6 Å². The van der Waals surface area contributed by atoms with Gasteiger partial charge in [-0.1, -0.05) is 25.4 Å². The molecule has 0 fully saturated rings. The van der Waals surface area contributed by atoms with Gasteiger partial charge in [-0.05, 0) is 43.0 Å². The van der Waals surface area contributed by atoms with E-state index in [1.807, 2.05) is 26.0 Å². The number of anilines is 1. The molecular formula is C16H20ClN3O. The van der Waals surface area contributed by atoms with Crippen LogP contribution >= 0.6 is 11.6 Å². The van der Waals surface area contributed by atoms with Gasteiger partial charge in [-0.2, -0.15) is 4.98 Å². The van der Waals surface area contributed by atoms with E-state index in [0.29, 0.717) is 17.7 Å². The van der Waals surface area contributed by atoms with Gasteiger partial charge in [0.2, 0.25) is 11.8 Å². The molecule has 1 heterocycles. The molecule has 0 atom stereocenters. The predicted octanol–water partition coefficient (Wildman–Crippen LogP) is 4.70. The van der Waals surface area contributed by atoms with Crippen LogP contribution in [0.4, 0.5) is 5.95 Å². The van der Waals surface area contributed by atoms with Crippen LogP contribution in [0.3, 0.4) is 0 Å². The minimum absolute atomic E-state index is 0.333. The summed E-state index contributed by atoms with van der Waals surface area (Å²) in [5.74, 6) is 2.19. The Hall–Kier alpha value is -1.81. The zero-order valence-electron chi connectivity index (χ0n) is 13.0.